The van der Waals surface area contributed by atoms with Crippen LogP contribution in [0.25, 0.3) is 0 Å². The molecule has 1 fully saturated rings. The third kappa shape index (κ3) is 2.78. The second-order valence-corrected chi connectivity index (χ2v) is 4.82. The highest BCUT2D eigenvalue weighted by Crippen LogP contribution is 2.27. The summed E-state index contributed by atoms with van der Waals surface area (Å²) in [4.78, 5) is 11.8. The van der Waals surface area contributed by atoms with Gasteiger partial charge in [-0.05, 0) is 30.5 Å². The van der Waals surface area contributed by atoms with Crippen LogP contribution in [0.1, 0.15) is 30.7 Å². The number of hydrogen-bond acceptors (Lipinski definition) is 4. The molecule has 1 aromatic carbocycles. The van der Waals surface area contributed by atoms with Gasteiger partial charge in [-0.1, -0.05) is 23.8 Å². The lowest BCUT2D eigenvalue weighted by Crippen LogP contribution is -2.27. The second-order valence-electron chi connectivity index (χ2n) is 4.82. The van der Waals surface area contributed by atoms with Crippen molar-refractivity contribution in [3.63, 3.8) is 0 Å². The van der Waals surface area contributed by atoms with E-state index >= 15 is 0 Å². The highest BCUT2D eigenvalue weighted by atomic mass is 16.1. The van der Waals surface area contributed by atoms with Crippen LogP contribution in [0, 0.1) is 5.92 Å². The van der Waals surface area contributed by atoms with Crippen molar-refractivity contribution in [2.75, 3.05) is 5.32 Å². The molecule has 0 spiro atoms. The molecule has 0 aliphatic heterocycles. The molecule has 1 aromatic heterocycles. The van der Waals surface area contributed by atoms with Crippen LogP contribution in [-0.2, 0) is 11.2 Å². The number of aromatic amines is 1. The van der Waals surface area contributed by atoms with Crippen LogP contribution in [0.3, 0.4) is 0 Å². The first-order chi connectivity index (χ1) is 9.31. The number of H-pyrrole nitrogens is 1. The highest BCUT2D eigenvalue weighted by molar-refractivity contribution is 5.92. The first-order valence-electron chi connectivity index (χ1n) is 6.43. The van der Waals surface area contributed by atoms with Crippen molar-refractivity contribution in [3.05, 3.63) is 35.7 Å². The molecule has 6 heteroatoms. The van der Waals surface area contributed by atoms with Crippen LogP contribution in [-0.4, -0.2) is 26.5 Å². The van der Waals surface area contributed by atoms with Gasteiger partial charge in [0.1, 0.15) is 0 Å². The molecule has 0 atom stereocenters. The van der Waals surface area contributed by atoms with E-state index in [1.54, 1.807) is 0 Å². The van der Waals surface area contributed by atoms with Crippen LogP contribution < -0.4 is 5.32 Å². The van der Waals surface area contributed by atoms with Gasteiger partial charge >= 0.3 is 0 Å². The van der Waals surface area contributed by atoms with Crippen molar-refractivity contribution in [1.29, 1.82) is 0 Å². The Morgan fingerprint density at radius 3 is 2.68 bits per heavy atom. The Hall–Kier alpha value is -2.24. The van der Waals surface area contributed by atoms with Gasteiger partial charge in [-0.25, -0.2) is 0 Å². The number of nitrogens with zero attached hydrogens (tertiary/aromatic N) is 3. The van der Waals surface area contributed by atoms with Crippen molar-refractivity contribution < 1.29 is 4.79 Å². The van der Waals surface area contributed by atoms with Gasteiger partial charge in [0.25, 0.3) is 0 Å². The van der Waals surface area contributed by atoms with E-state index in [-0.39, 0.29) is 11.8 Å². The van der Waals surface area contributed by atoms with Crippen LogP contribution in [0.15, 0.2) is 24.3 Å². The number of amides is 1. The first-order valence-corrected chi connectivity index (χ1v) is 6.43. The van der Waals surface area contributed by atoms with Gasteiger partial charge in [-0.3, -0.25) is 4.79 Å². The Labute approximate surface area is 110 Å². The zero-order valence-electron chi connectivity index (χ0n) is 10.5. The normalized spacial score (nSPS) is 14.9. The van der Waals surface area contributed by atoms with Crippen molar-refractivity contribution in [1.82, 2.24) is 20.6 Å². The van der Waals surface area contributed by atoms with Crippen molar-refractivity contribution in [3.8, 4) is 0 Å². The van der Waals surface area contributed by atoms with E-state index in [1.807, 2.05) is 24.3 Å². The average molecular weight is 257 g/mol. The summed E-state index contributed by atoms with van der Waals surface area (Å²) in [5, 5.41) is 16.7. The van der Waals surface area contributed by atoms with Gasteiger partial charge in [0, 0.05) is 18.0 Å². The number of carbonyl (C=O) groups is 1. The summed E-state index contributed by atoms with van der Waals surface area (Å²) in [7, 11) is 0. The molecule has 98 valence electrons. The number of anilines is 1. The molecule has 1 amide bonds. The second kappa shape index (κ2) is 5.17. The topological polar surface area (TPSA) is 83.6 Å². The summed E-state index contributed by atoms with van der Waals surface area (Å²) >= 11 is 0. The molecule has 0 radical (unpaired) electrons. The number of carbonyl (C=O) groups excluding carboxylic acids is 1. The first kappa shape index (κ1) is 11.8. The lowest BCUT2D eigenvalue weighted by molar-refractivity contribution is -0.122. The van der Waals surface area contributed by atoms with E-state index < -0.39 is 0 Å². The molecule has 0 bridgehead atoms. The third-order valence-electron chi connectivity index (χ3n) is 3.45. The molecule has 3 rings (SSSR count). The van der Waals surface area contributed by atoms with E-state index in [0.29, 0.717) is 12.2 Å². The summed E-state index contributed by atoms with van der Waals surface area (Å²) in [6.07, 6.45) is 3.83. The van der Waals surface area contributed by atoms with Crippen LogP contribution >= 0.6 is 0 Å². The van der Waals surface area contributed by atoms with E-state index in [2.05, 4.69) is 25.9 Å². The lowest BCUT2D eigenvalue weighted by Gasteiger charge is -2.24. The summed E-state index contributed by atoms with van der Waals surface area (Å²) < 4.78 is 0. The average Bonchev–Trinajstić information content (AvgIpc) is 2.82. The van der Waals surface area contributed by atoms with E-state index in [1.165, 1.54) is 6.42 Å². The summed E-state index contributed by atoms with van der Waals surface area (Å²) in [5.41, 5.74) is 1.93. The SMILES string of the molecule is O=C(Nc1ccc(Cc2nn[nH]n2)cc1)C1CCC1. The van der Waals surface area contributed by atoms with Gasteiger partial charge in [-0.15, -0.1) is 10.2 Å². The molecular weight excluding hydrogens is 242 g/mol. The molecule has 6 nitrogen and oxygen atoms in total. The highest BCUT2D eigenvalue weighted by Gasteiger charge is 2.24. The molecule has 0 saturated heterocycles. The minimum atomic E-state index is 0.136. The van der Waals surface area contributed by atoms with Gasteiger partial charge in [0.15, 0.2) is 5.82 Å². The Kier molecular flexibility index (Phi) is 3.22. The maximum absolute atomic E-state index is 11.8. The molecular formula is C13H15N5O. The van der Waals surface area contributed by atoms with Crippen molar-refractivity contribution in [2.45, 2.75) is 25.7 Å². The number of hydrogen-bond donors (Lipinski definition) is 2. The molecule has 2 N–H and O–H groups in total. The quantitative estimate of drug-likeness (QED) is 0.870. The fourth-order valence-corrected chi connectivity index (χ4v) is 2.06. The van der Waals surface area contributed by atoms with Gasteiger partial charge < -0.3 is 5.32 Å². The van der Waals surface area contributed by atoms with Crippen LogP contribution in [0.2, 0.25) is 0 Å². The largest absolute Gasteiger partial charge is 0.326 e. The summed E-state index contributed by atoms with van der Waals surface area (Å²) in [5.74, 6) is 1.00. The van der Waals surface area contributed by atoms with Gasteiger partial charge in [-0.2, -0.15) is 5.21 Å². The minimum absolute atomic E-state index is 0.136. The van der Waals surface area contributed by atoms with E-state index in [0.717, 1.165) is 24.1 Å². The zero-order valence-corrected chi connectivity index (χ0v) is 10.5. The van der Waals surface area contributed by atoms with Crippen molar-refractivity contribution in [2.24, 2.45) is 5.92 Å². The molecule has 1 aliphatic rings. The molecule has 2 aromatic rings. The molecule has 19 heavy (non-hydrogen) atoms. The Bertz CT molecular complexity index is 545. The standard InChI is InChI=1S/C13H15N5O/c19-13(10-2-1-3-10)14-11-6-4-9(5-7-11)8-12-15-17-18-16-12/h4-7,10H,1-3,8H2,(H,14,19)(H,15,16,17,18). The Morgan fingerprint density at radius 2 is 2.11 bits per heavy atom. The van der Waals surface area contributed by atoms with E-state index in [9.17, 15) is 4.79 Å². The Morgan fingerprint density at radius 1 is 1.32 bits per heavy atom. The number of aromatic nitrogens is 4. The predicted molar refractivity (Wildman–Crippen MR) is 69.4 cm³/mol. The Balaban J connectivity index is 1.60. The monoisotopic (exact) mass is 257 g/mol. The number of rotatable bonds is 4. The lowest BCUT2D eigenvalue weighted by atomic mass is 9.85. The number of benzene rings is 1. The van der Waals surface area contributed by atoms with Crippen molar-refractivity contribution >= 4 is 11.6 Å². The molecule has 1 aliphatic carbocycles. The van der Waals surface area contributed by atoms with E-state index in [4.69, 9.17) is 0 Å². The molecule has 0 unspecified atom stereocenters. The number of nitrogens with one attached hydrogen (secondary N) is 2. The summed E-state index contributed by atoms with van der Waals surface area (Å²) in [6, 6.07) is 7.75. The zero-order chi connectivity index (χ0) is 13.1. The fourth-order valence-electron chi connectivity index (χ4n) is 2.06. The maximum Gasteiger partial charge on any atom is 0.227 e. The molecule has 1 heterocycles. The number of tetrazole rings is 1. The third-order valence-corrected chi connectivity index (χ3v) is 3.45. The summed E-state index contributed by atoms with van der Waals surface area (Å²) in [6.45, 7) is 0. The van der Waals surface area contributed by atoms with Gasteiger partial charge in [0.05, 0.1) is 0 Å². The van der Waals surface area contributed by atoms with Crippen LogP contribution in [0.5, 0.6) is 0 Å². The molecule has 1 saturated carbocycles. The maximum atomic E-state index is 11.8. The fraction of sp³-hybridized carbons (Fsp3) is 0.385. The smallest absolute Gasteiger partial charge is 0.227 e. The van der Waals surface area contributed by atoms with Crippen LogP contribution in [0.4, 0.5) is 5.69 Å². The predicted octanol–water partition coefficient (Wildman–Crippen LogP) is 1.53. The minimum Gasteiger partial charge on any atom is -0.326 e. The van der Waals surface area contributed by atoms with Gasteiger partial charge in [0.2, 0.25) is 5.91 Å².